The molecule has 7 nitrogen and oxygen atoms in total. The van der Waals surface area contributed by atoms with Gasteiger partial charge in [-0.3, -0.25) is 10.1 Å². The number of methoxy groups -OCH3 is 1. The highest BCUT2D eigenvalue weighted by Gasteiger charge is 2.31. The maximum absolute atomic E-state index is 12.1. The number of anilines is 1. The van der Waals surface area contributed by atoms with Crippen LogP contribution in [0.4, 0.5) is 9.80 Å². The van der Waals surface area contributed by atoms with E-state index in [1.165, 1.54) is 23.3 Å². The average molecular weight is 312 g/mol. The number of aryl methyl sites for hydroxylation is 1. The lowest BCUT2D eigenvalue weighted by atomic mass is 10.1. The lowest BCUT2D eigenvalue weighted by Crippen LogP contribution is -2.34. The summed E-state index contributed by atoms with van der Waals surface area (Å²) in [6.45, 7) is 2.33. The number of rotatable bonds is 3. The van der Waals surface area contributed by atoms with Crippen molar-refractivity contribution >= 4 is 34.3 Å². The average Bonchev–Trinajstić information content (AvgIpc) is 3.05. The normalized spacial score (nSPS) is 17.6. The SMILES string of the molecule is COC(=O)c1c(C)csc1NC(=O)N1CCC(C(=O)O)C1. The van der Waals surface area contributed by atoms with Crippen molar-refractivity contribution in [3.8, 4) is 0 Å². The minimum atomic E-state index is -0.896. The first-order chi connectivity index (χ1) is 9.93. The number of hydrogen-bond donors (Lipinski definition) is 2. The van der Waals surface area contributed by atoms with Gasteiger partial charge in [-0.05, 0) is 24.3 Å². The van der Waals surface area contributed by atoms with Crippen LogP contribution < -0.4 is 5.32 Å². The summed E-state index contributed by atoms with van der Waals surface area (Å²) in [6.07, 6.45) is 0.441. The van der Waals surface area contributed by atoms with Crippen LogP contribution in [0.5, 0.6) is 0 Å². The number of ether oxygens (including phenoxy) is 1. The Hall–Kier alpha value is -2.09. The largest absolute Gasteiger partial charge is 0.481 e. The molecule has 21 heavy (non-hydrogen) atoms. The van der Waals surface area contributed by atoms with E-state index in [4.69, 9.17) is 9.84 Å². The molecule has 8 heteroatoms. The predicted molar refractivity (Wildman–Crippen MR) is 76.7 cm³/mol. The van der Waals surface area contributed by atoms with Gasteiger partial charge in [-0.2, -0.15) is 0 Å². The first kappa shape index (κ1) is 15.3. The Balaban J connectivity index is 2.07. The molecule has 2 heterocycles. The van der Waals surface area contributed by atoms with E-state index in [-0.39, 0.29) is 6.54 Å². The fraction of sp³-hybridized carbons (Fsp3) is 0.462. The van der Waals surface area contributed by atoms with E-state index in [1.54, 1.807) is 12.3 Å². The molecule has 1 fully saturated rings. The maximum atomic E-state index is 12.1. The van der Waals surface area contributed by atoms with Crippen molar-refractivity contribution in [3.05, 3.63) is 16.5 Å². The van der Waals surface area contributed by atoms with Gasteiger partial charge in [0.15, 0.2) is 0 Å². The number of hydrogen-bond acceptors (Lipinski definition) is 5. The minimum absolute atomic E-state index is 0.180. The Morgan fingerprint density at radius 2 is 2.19 bits per heavy atom. The van der Waals surface area contributed by atoms with Gasteiger partial charge < -0.3 is 14.7 Å². The zero-order valence-electron chi connectivity index (χ0n) is 11.7. The first-order valence-electron chi connectivity index (χ1n) is 6.39. The molecule has 0 saturated carbocycles. The number of amides is 2. The molecule has 2 N–H and O–H groups in total. The third kappa shape index (κ3) is 3.15. The number of carbonyl (C=O) groups excluding carboxylic acids is 2. The highest BCUT2D eigenvalue weighted by molar-refractivity contribution is 7.15. The van der Waals surface area contributed by atoms with Crippen LogP contribution in [0.3, 0.4) is 0 Å². The van der Waals surface area contributed by atoms with Crippen LogP contribution in [0.15, 0.2) is 5.38 Å². The van der Waals surface area contributed by atoms with Gasteiger partial charge in [0.25, 0.3) is 0 Å². The van der Waals surface area contributed by atoms with Gasteiger partial charge in [0.05, 0.1) is 18.6 Å². The van der Waals surface area contributed by atoms with Crippen LogP contribution >= 0.6 is 11.3 Å². The first-order valence-corrected chi connectivity index (χ1v) is 7.27. The fourth-order valence-corrected chi connectivity index (χ4v) is 3.14. The Morgan fingerprint density at radius 3 is 2.76 bits per heavy atom. The number of aliphatic carboxylic acids is 1. The molecule has 0 aromatic carbocycles. The Labute approximate surface area is 125 Å². The van der Waals surface area contributed by atoms with E-state index in [2.05, 4.69) is 5.32 Å². The summed E-state index contributed by atoms with van der Waals surface area (Å²) in [6, 6.07) is -0.397. The molecule has 0 radical (unpaired) electrons. The molecule has 0 bridgehead atoms. The standard InChI is InChI=1S/C13H16N2O5S/c1-7-6-21-10(9(7)12(18)20-2)14-13(19)15-4-3-8(5-15)11(16)17/h6,8H,3-5H2,1-2H3,(H,14,19)(H,16,17). The summed E-state index contributed by atoms with van der Waals surface area (Å²) in [4.78, 5) is 36.2. The molecule has 114 valence electrons. The predicted octanol–water partition coefficient (Wildman–Crippen LogP) is 1.78. The number of esters is 1. The van der Waals surface area contributed by atoms with Gasteiger partial charge in [-0.1, -0.05) is 0 Å². The number of nitrogens with zero attached hydrogens (tertiary/aromatic N) is 1. The number of thiophene rings is 1. The monoisotopic (exact) mass is 312 g/mol. The minimum Gasteiger partial charge on any atom is -0.481 e. The second kappa shape index (κ2) is 6.13. The quantitative estimate of drug-likeness (QED) is 0.829. The third-order valence-electron chi connectivity index (χ3n) is 3.41. The second-order valence-corrected chi connectivity index (χ2v) is 5.69. The van der Waals surface area contributed by atoms with Crippen LogP contribution in [0, 0.1) is 12.8 Å². The molecule has 1 aromatic rings. The molecule has 1 unspecified atom stereocenters. The molecule has 2 rings (SSSR count). The van der Waals surface area contributed by atoms with E-state index < -0.39 is 23.9 Å². The molecule has 2 amide bonds. The second-order valence-electron chi connectivity index (χ2n) is 4.81. The van der Waals surface area contributed by atoms with Crippen molar-refractivity contribution in [2.75, 3.05) is 25.5 Å². The highest BCUT2D eigenvalue weighted by Crippen LogP contribution is 2.29. The maximum Gasteiger partial charge on any atom is 0.341 e. The number of carboxylic acid groups (broad SMARTS) is 1. The molecule has 1 saturated heterocycles. The smallest absolute Gasteiger partial charge is 0.341 e. The van der Waals surface area contributed by atoms with Crippen LogP contribution in [-0.2, 0) is 9.53 Å². The molecular formula is C13H16N2O5S. The van der Waals surface area contributed by atoms with E-state index in [1.807, 2.05) is 0 Å². The van der Waals surface area contributed by atoms with Crippen molar-refractivity contribution in [1.29, 1.82) is 0 Å². The topological polar surface area (TPSA) is 95.9 Å². The Bertz CT molecular complexity index is 583. The highest BCUT2D eigenvalue weighted by atomic mass is 32.1. The third-order valence-corrected chi connectivity index (χ3v) is 4.42. The number of likely N-dealkylation sites (tertiary alicyclic amines) is 1. The lowest BCUT2D eigenvalue weighted by Gasteiger charge is -2.16. The van der Waals surface area contributed by atoms with Gasteiger partial charge in [0, 0.05) is 13.1 Å². The summed E-state index contributed by atoms with van der Waals surface area (Å²) < 4.78 is 4.70. The Morgan fingerprint density at radius 1 is 1.48 bits per heavy atom. The summed E-state index contributed by atoms with van der Waals surface area (Å²) >= 11 is 1.24. The van der Waals surface area contributed by atoms with Crippen LogP contribution in [0.25, 0.3) is 0 Å². The van der Waals surface area contributed by atoms with Gasteiger partial charge in [-0.15, -0.1) is 11.3 Å². The molecule has 1 aliphatic heterocycles. The van der Waals surface area contributed by atoms with Crippen molar-refractivity contribution in [1.82, 2.24) is 4.90 Å². The van der Waals surface area contributed by atoms with E-state index in [9.17, 15) is 14.4 Å². The number of carboxylic acids is 1. The van der Waals surface area contributed by atoms with Crippen LogP contribution in [0.1, 0.15) is 22.3 Å². The van der Waals surface area contributed by atoms with Crippen molar-refractivity contribution in [2.45, 2.75) is 13.3 Å². The molecule has 0 aliphatic carbocycles. The van der Waals surface area contributed by atoms with Gasteiger partial charge >= 0.3 is 18.0 Å². The van der Waals surface area contributed by atoms with Crippen molar-refractivity contribution in [3.63, 3.8) is 0 Å². The molecule has 1 atom stereocenters. The summed E-state index contributed by atoms with van der Waals surface area (Å²) in [5.74, 6) is -1.93. The van der Waals surface area contributed by atoms with E-state index >= 15 is 0 Å². The van der Waals surface area contributed by atoms with Gasteiger partial charge in [0.1, 0.15) is 5.00 Å². The fourth-order valence-electron chi connectivity index (χ4n) is 2.21. The van der Waals surface area contributed by atoms with E-state index in [0.29, 0.717) is 23.5 Å². The molecule has 1 aliphatic rings. The zero-order valence-corrected chi connectivity index (χ0v) is 12.5. The summed E-state index contributed by atoms with van der Waals surface area (Å²) in [5.41, 5.74) is 1.07. The Kier molecular flexibility index (Phi) is 4.46. The van der Waals surface area contributed by atoms with Crippen molar-refractivity contribution < 1.29 is 24.2 Å². The molecule has 0 spiro atoms. The van der Waals surface area contributed by atoms with Gasteiger partial charge in [0.2, 0.25) is 0 Å². The molecule has 1 aromatic heterocycles. The van der Waals surface area contributed by atoms with Gasteiger partial charge in [-0.25, -0.2) is 9.59 Å². The molecular weight excluding hydrogens is 296 g/mol. The van der Waals surface area contributed by atoms with Crippen molar-refractivity contribution in [2.24, 2.45) is 5.92 Å². The summed E-state index contributed by atoms with van der Waals surface area (Å²) in [5, 5.41) is 13.8. The van der Waals surface area contributed by atoms with Crippen LogP contribution in [0.2, 0.25) is 0 Å². The number of carbonyl (C=O) groups is 3. The zero-order chi connectivity index (χ0) is 15.6. The number of urea groups is 1. The number of nitrogens with one attached hydrogen (secondary N) is 1. The van der Waals surface area contributed by atoms with E-state index in [0.717, 1.165) is 5.56 Å². The summed E-state index contributed by atoms with van der Waals surface area (Å²) in [7, 11) is 1.28. The van der Waals surface area contributed by atoms with Crippen LogP contribution in [-0.4, -0.2) is 48.2 Å². The lowest BCUT2D eigenvalue weighted by molar-refractivity contribution is -0.141.